The van der Waals surface area contributed by atoms with Crippen LogP contribution < -0.4 is 5.32 Å². The van der Waals surface area contributed by atoms with E-state index in [-0.39, 0.29) is 17.9 Å². The number of nitrogens with zero attached hydrogens (tertiary/aromatic N) is 3. The lowest BCUT2D eigenvalue weighted by molar-refractivity contribution is -0.141. The van der Waals surface area contributed by atoms with Crippen LogP contribution in [-0.2, 0) is 19.3 Å². The molecule has 2 aromatic heterocycles. The Labute approximate surface area is 120 Å². The summed E-state index contributed by atoms with van der Waals surface area (Å²) in [5.74, 6) is -0.0211. The van der Waals surface area contributed by atoms with E-state index >= 15 is 0 Å². The first-order valence-electron chi connectivity index (χ1n) is 5.75. The minimum Gasteiger partial charge on any atom is -0.307 e. The van der Waals surface area contributed by atoms with Gasteiger partial charge in [-0.15, -0.1) is 0 Å². The Kier molecular flexibility index (Phi) is 3.21. The van der Waals surface area contributed by atoms with Crippen LogP contribution in [-0.4, -0.2) is 15.0 Å². The molecule has 0 aliphatic carbocycles. The topological polar surface area (TPSA) is 50.7 Å². The number of hydrogen-bond acceptors (Lipinski definition) is 4. The first-order chi connectivity index (χ1) is 9.47. The zero-order chi connectivity index (χ0) is 14.3. The molecule has 0 bridgehead atoms. The molecule has 3 heterocycles. The third kappa shape index (κ3) is 2.29. The molecule has 0 atom stereocenters. The molecule has 4 nitrogen and oxygen atoms in total. The second-order valence-electron chi connectivity index (χ2n) is 4.26. The Balaban J connectivity index is 2.22. The van der Waals surface area contributed by atoms with Crippen LogP contribution in [0.25, 0.3) is 11.5 Å². The predicted molar refractivity (Wildman–Crippen MR) is 68.5 cm³/mol. The molecule has 0 unspecified atom stereocenters. The van der Waals surface area contributed by atoms with Crippen LogP contribution in [0.1, 0.15) is 17.0 Å². The van der Waals surface area contributed by atoms with Gasteiger partial charge in [0.05, 0.1) is 5.69 Å². The molecule has 104 valence electrons. The van der Waals surface area contributed by atoms with Crippen LogP contribution in [0.3, 0.4) is 0 Å². The zero-order valence-electron chi connectivity index (χ0n) is 10.00. The van der Waals surface area contributed by atoms with Crippen molar-refractivity contribution in [3.05, 3.63) is 39.8 Å². The van der Waals surface area contributed by atoms with Crippen molar-refractivity contribution in [2.24, 2.45) is 0 Å². The van der Waals surface area contributed by atoms with E-state index in [1.165, 1.54) is 6.20 Å². The molecule has 0 aromatic carbocycles. The summed E-state index contributed by atoms with van der Waals surface area (Å²) in [6.45, 7) is 0.437. The number of aromatic nitrogens is 3. The van der Waals surface area contributed by atoms with E-state index in [0.717, 1.165) is 0 Å². The Morgan fingerprint density at radius 3 is 2.70 bits per heavy atom. The monoisotopic (exact) mass is 344 g/mol. The van der Waals surface area contributed by atoms with Gasteiger partial charge in [0, 0.05) is 29.3 Å². The maximum Gasteiger partial charge on any atom is 0.433 e. The quantitative estimate of drug-likeness (QED) is 0.864. The normalized spacial score (nSPS) is 14.4. The fourth-order valence-corrected chi connectivity index (χ4v) is 2.49. The fraction of sp³-hybridized carbons (Fsp3) is 0.250. The maximum absolute atomic E-state index is 13.1. The highest BCUT2D eigenvalue weighted by Crippen LogP contribution is 2.35. The second kappa shape index (κ2) is 4.78. The summed E-state index contributed by atoms with van der Waals surface area (Å²) in [4.78, 5) is 11.9. The highest BCUT2D eigenvalue weighted by molar-refractivity contribution is 9.10. The first kappa shape index (κ1) is 13.4. The maximum atomic E-state index is 13.1. The van der Waals surface area contributed by atoms with Crippen molar-refractivity contribution < 1.29 is 13.2 Å². The highest BCUT2D eigenvalue weighted by atomic mass is 79.9. The van der Waals surface area contributed by atoms with Crippen LogP contribution in [0.5, 0.6) is 0 Å². The molecule has 1 aliphatic heterocycles. The molecule has 0 saturated heterocycles. The molecule has 0 fully saturated rings. The first-order valence-corrected chi connectivity index (χ1v) is 6.54. The summed E-state index contributed by atoms with van der Waals surface area (Å²) in [6.07, 6.45) is -3.02. The fourth-order valence-electron chi connectivity index (χ4n) is 2.06. The molecular formula is C12H8BrF3N4. The molecule has 2 aromatic rings. The van der Waals surface area contributed by atoms with E-state index < -0.39 is 11.9 Å². The van der Waals surface area contributed by atoms with Crippen LogP contribution in [0.15, 0.2) is 22.8 Å². The highest BCUT2D eigenvalue weighted by Gasteiger charge is 2.38. The lowest BCUT2D eigenvalue weighted by atomic mass is 10.1. The molecule has 0 amide bonds. The number of alkyl halides is 3. The van der Waals surface area contributed by atoms with Gasteiger partial charge in [0.15, 0.2) is 11.5 Å². The summed E-state index contributed by atoms with van der Waals surface area (Å²) in [6, 6.07) is 3.36. The van der Waals surface area contributed by atoms with Crippen molar-refractivity contribution in [2.75, 3.05) is 0 Å². The van der Waals surface area contributed by atoms with Gasteiger partial charge in [0.1, 0.15) is 5.69 Å². The average Bonchev–Trinajstić information content (AvgIpc) is 2.85. The van der Waals surface area contributed by atoms with Crippen molar-refractivity contribution in [3.8, 4) is 11.5 Å². The third-order valence-electron chi connectivity index (χ3n) is 2.93. The summed E-state index contributed by atoms with van der Waals surface area (Å²) in [5.41, 5.74) is -0.0964. The molecule has 20 heavy (non-hydrogen) atoms. The van der Waals surface area contributed by atoms with Gasteiger partial charge in [-0.05, 0) is 28.1 Å². The zero-order valence-corrected chi connectivity index (χ0v) is 11.6. The summed E-state index contributed by atoms with van der Waals surface area (Å²) in [5, 5.41) is 2.86. The standard InChI is InChI=1S/C12H8BrF3N4/c13-7-2-1-3-18-9(7)11-19-8-5-17-4-6(8)10(20-11)12(14,15)16/h1-3,17H,4-5H2. The van der Waals surface area contributed by atoms with Gasteiger partial charge in [-0.25, -0.2) is 9.97 Å². The summed E-state index contributed by atoms with van der Waals surface area (Å²) < 4.78 is 39.8. The van der Waals surface area contributed by atoms with Crippen LogP contribution in [0, 0.1) is 0 Å². The van der Waals surface area contributed by atoms with Crippen molar-refractivity contribution in [1.82, 2.24) is 20.3 Å². The predicted octanol–water partition coefficient (Wildman–Crippen LogP) is 2.92. The molecule has 3 rings (SSSR count). The number of fused-ring (bicyclic) bond motifs is 1. The van der Waals surface area contributed by atoms with Crippen LogP contribution in [0.4, 0.5) is 13.2 Å². The Morgan fingerprint density at radius 1 is 1.20 bits per heavy atom. The smallest absolute Gasteiger partial charge is 0.307 e. The summed E-state index contributed by atoms with van der Waals surface area (Å²) in [7, 11) is 0. The van der Waals surface area contributed by atoms with E-state index in [9.17, 15) is 13.2 Å². The van der Waals surface area contributed by atoms with Crippen molar-refractivity contribution in [2.45, 2.75) is 19.3 Å². The number of rotatable bonds is 1. The van der Waals surface area contributed by atoms with Gasteiger partial charge >= 0.3 is 6.18 Å². The second-order valence-corrected chi connectivity index (χ2v) is 5.11. The van der Waals surface area contributed by atoms with Crippen molar-refractivity contribution in [3.63, 3.8) is 0 Å². The van der Waals surface area contributed by atoms with Crippen LogP contribution in [0.2, 0.25) is 0 Å². The van der Waals surface area contributed by atoms with E-state index in [1.807, 2.05) is 0 Å². The molecule has 8 heteroatoms. The molecule has 0 saturated carbocycles. The van der Waals surface area contributed by atoms with Crippen molar-refractivity contribution >= 4 is 15.9 Å². The summed E-state index contributed by atoms with van der Waals surface area (Å²) >= 11 is 3.25. The number of nitrogens with one attached hydrogen (secondary N) is 1. The number of hydrogen-bond donors (Lipinski definition) is 1. The number of halogens is 4. The third-order valence-corrected chi connectivity index (χ3v) is 3.57. The Morgan fingerprint density at radius 2 is 2.00 bits per heavy atom. The molecular weight excluding hydrogens is 337 g/mol. The van der Waals surface area contributed by atoms with Gasteiger partial charge in [-0.3, -0.25) is 4.98 Å². The molecule has 1 aliphatic rings. The molecule has 1 N–H and O–H groups in total. The van der Waals surface area contributed by atoms with Gasteiger partial charge < -0.3 is 5.32 Å². The minimum absolute atomic E-state index is 0.0211. The minimum atomic E-state index is -4.50. The van der Waals surface area contributed by atoms with E-state index in [4.69, 9.17) is 0 Å². The van der Waals surface area contributed by atoms with E-state index in [0.29, 0.717) is 22.4 Å². The lowest BCUT2D eigenvalue weighted by Gasteiger charge is -2.12. The number of pyridine rings is 1. The average molecular weight is 345 g/mol. The lowest BCUT2D eigenvalue weighted by Crippen LogP contribution is -2.15. The molecule has 0 spiro atoms. The largest absolute Gasteiger partial charge is 0.433 e. The van der Waals surface area contributed by atoms with Crippen LogP contribution >= 0.6 is 15.9 Å². The van der Waals surface area contributed by atoms with E-state index in [2.05, 4.69) is 36.2 Å². The molecule has 0 radical (unpaired) electrons. The van der Waals surface area contributed by atoms with E-state index in [1.54, 1.807) is 12.1 Å². The SMILES string of the molecule is FC(F)(F)c1nc(-c2ncccc2Br)nc2c1CNC2. The Bertz CT molecular complexity index is 672. The van der Waals surface area contributed by atoms with Gasteiger partial charge in [0.25, 0.3) is 0 Å². The van der Waals surface area contributed by atoms with Gasteiger partial charge in [0.2, 0.25) is 0 Å². The van der Waals surface area contributed by atoms with Gasteiger partial charge in [-0.1, -0.05) is 0 Å². The Hall–Kier alpha value is -1.54. The van der Waals surface area contributed by atoms with Crippen molar-refractivity contribution in [1.29, 1.82) is 0 Å². The van der Waals surface area contributed by atoms with Gasteiger partial charge in [-0.2, -0.15) is 13.2 Å².